The molecular weight excluding hydrogens is 681 g/mol. The lowest BCUT2D eigenvalue weighted by Gasteiger charge is -2.30. The molecule has 24 heteroatoms. The second-order valence-electron chi connectivity index (χ2n) is 10.3. The highest BCUT2D eigenvalue weighted by Gasteiger charge is 2.54. The van der Waals surface area contributed by atoms with Crippen LogP contribution in [0, 0.1) is 0 Å². The molecule has 0 spiro atoms. The molecule has 8 N–H and O–H groups in total. The number of amides is 3. The van der Waals surface area contributed by atoms with Gasteiger partial charge in [-0.1, -0.05) is 19.3 Å². The Hall–Kier alpha value is -2.02. The predicted molar refractivity (Wildman–Crippen MR) is 163 cm³/mol. The average molecular weight is 717 g/mol. The summed E-state index contributed by atoms with van der Waals surface area (Å²) in [4.78, 5) is 76.6. The Morgan fingerprint density at radius 1 is 1.07 bits per heavy atom. The van der Waals surface area contributed by atoms with Gasteiger partial charge in [0.05, 0.1) is 18.4 Å². The number of hydrogen-bond acceptors (Lipinski definition) is 13. The maximum atomic E-state index is 12.5. The van der Waals surface area contributed by atoms with E-state index in [0.29, 0.717) is 24.6 Å². The number of phosphoric acid groups is 3. The van der Waals surface area contributed by atoms with Crippen LogP contribution in [-0.2, 0) is 31.6 Å². The molecule has 3 unspecified atom stereocenters. The monoisotopic (exact) mass is 716 g/mol. The molecule has 2 saturated heterocycles. The maximum absolute atomic E-state index is 12.5. The van der Waals surface area contributed by atoms with E-state index in [1.54, 1.807) is 0 Å². The Balaban J connectivity index is 1.13. The Labute approximate surface area is 261 Å². The minimum atomic E-state index is -5.76. The van der Waals surface area contributed by atoms with Crippen molar-refractivity contribution >= 4 is 71.5 Å². The number of amidine groups is 2. The van der Waals surface area contributed by atoms with E-state index in [-0.39, 0.29) is 42.2 Å². The third kappa shape index (κ3) is 10.5. The van der Waals surface area contributed by atoms with Crippen LogP contribution in [0.4, 0.5) is 4.79 Å². The van der Waals surface area contributed by atoms with E-state index in [4.69, 9.17) is 14.3 Å². The normalized spacial score (nSPS) is 28.8. The van der Waals surface area contributed by atoms with Crippen molar-refractivity contribution in [3.8, 4) is 0 Å². The second kappa shape index (κ2) is 15.3. The molecule has 0 aromatic heterocycles. The fourth-order valence-corrected chi connectivity index (χ4v) is 9.67. The minimum absolute atomic E-state index is 0.00570. The third-order valence-corrected chi connectivity index (χ3v) is 12.2. The summed E-state index contributed by atoms with van der Waals surface area (Å²) in [5.74, 6) is 0.500. The van der Waals surface area contributed by atoms with Crippen LogP contribution in [0.3, 0.4) is 0 Å². The molecule has 4 heterocycles. The standard InChI is InChI=1S/C21H35N8O12P3S/c30-16(8-4-3-7-15-17-14(11-45-15)28-20(31)29-17)22-9-5-1-2-6-10-23-18-21(19(25-12-24-18)26-13-27-21)39-43(35,36)41-44(37,38)40-42(32,33)34/h12-15,17H,1-11H2,(H,22,30)(H,35,36)(H,37,38)(H2,28,29,31)(H2,32,33,34)(H,23,24,25,26,27)/t14-,15-,17-,21?/m0/s1. The van der Waals surface area contributed by atoms with Gasteiger partial charge in [0.15, 0.2) is 11.7 Å². The van der Waals surface area contributed by atoms with E-state index < -0.39 is 29.2 Å². The van der Waals surface area contributed by atoms with Gasteiger partial charge in [-0.2, -0.15) is 20.4 Å². The maximum Gasteiger partial charge on any atom is 0.490 e. The quantitative estimate of drug-likeness (QED) is 0.0556. The number of hydrogen-bond donors (Lipinski definition) is 8. The van der Waals surface area contributed by atoms with Crippen molar-refractivity contribution in [1.29, 1.82) is 0 Å². The summed E-state index contributed by atoms with van der Waals surface area (Å²) >= 11 is 1.85. The number of urea groups is 1. The fourth-order valence-electron chi connectivity index (χ4n) is 4.94. The number of carbonyl (C=O) groups excluding carboxylic acids is 2. The van der Waals surface area contributed by atoms with Crippen LogP contribution in [0.5, 0.6) is 0 Å². The van der Waals surface area contributed by atoms with Gasteiger partial charge in [-0.25, -0.2) is 38.0 Å². The van der Waals surface area contributed by atoms with Gasteiger partial charge in [-0.15, -0.1) is 0 Å². The number of unbranched alkanes of at least 4 members (excludes halogenated alkanes) is 4. The number of aliphatic imine (C=N–C) groups is 4. The molecular formula is C21H35N8O12P3S. The molecule has 3 amide bonds. The van der Waals surface area contributed by atoms with Gasteiger partial charge in [0, 0.05) is 30.5 Å². The third-order valence-electron chi connectivity index (χ3n) is 6.85. The molecule has 6 atom stereocenters. The number of fused-ring (bicyclic) bond motifs is 2. The topological polar surface area (TPSA) is 292 Å². The molecule has 0 aromatic rings. The van der Waals surface area contributed by atoms with Crippen LogP contribution in [-0.4, -0.2) is 97.8 Å². The van der Waals surface area contributed by atoms with Crippen LogP contribution < -0.4 is 21.3 Å². The van der Waals surface area contributed by atoms with Gasteiger partial charge in [-0.05, 0) is 25.7 Å². The van der Waals surface area contributed by atoms with E-state index in [1.807, 2.05) is 11.8 Å². The van der Waals surface area contributed by atoms with Crippen LogP contribution in [0.15, 0.2) is 20.0 Å². The van der Waals surface area contributed by atoms with E-state index >= 15 is 0 Å². The van der Waals surface area contributed by atoms with E-state index in [2.05, 4.69) is 49.9 Å². The Morgan fingerprint density at radius 3 is 2.62 bits per heavy atom. The van der Waals surface area contributed by atoms with Crippen LogP contribution in [0.1, 0.15) is 51.4 Å². The zero-order chi connectivity index (χ0) is 32.7. The van der Waals surface area contributed by atoms with Gasteiger partial charge in [-0.3, -0.25) is 9.79 Å². The Bertz CT molecular complexity index is 1390. The van der Waals surface area contributed by atoms with Crippen LogP contribution in [0.25, 0.3) is 0 Å². The van der Waals surface area contributed by atoms with Crippen molar-refractivity contribution in [1.82, 2.24) is 21.3 Å². The van der Waals surface area contributed by atoms with Gasteiger partial charge in [0.1, 0.15) is 6.34 Å². The summed E-state index contributed by atoms with van der Waals surface area (Å²) in [6.07, 6.45) is 8.05. The van der Waals surface area contributed by atoms with Crippen molar-refractivity contribution < 1.29 is 56.0 Å². The molecule has 45 heavy (non-hydrogen) atoms. The molecule has 4 rings (SSSR count). The van der Waals surface area contributed by atoms with Gasteiger partial charge >= 0.3 is 29.5 Å². The smallest absolute Gasteiger partial charge is 0.356 e. The van der Waals surface area contributed by atoms with E-state index in [9.17, 15) is 33.1 Å². The first kappa shape index (κ1) is 35.8. The van der Waals surface area contributed by atoms with Crippen LogP contribution >= 0.6 is 35.2 Å². The van der Waals surface area contributed by atoms with Crippen molar-refractivity contribution in [3.63, 3.8) is 0 Å². The highest BCUT2D eigenvalue weighted by molar-refractivity contribution is 8.00. The zero-order valence-electron chi connectivity index (χ0n) is 23.8. The molecule has 0 saturated carbocycles. The number of thioether (sulfide) groups is 1. The molecule has 4 aliphatic heterocycles. The van der Waals surface area contributed by atoms with Crippen LogP contribution in [0.2, 0.25) is 0 Å². The van der Waals surface area contributed by atoms with Crippen molar-refractivity contribution in [2.45, 2.75) is 74.4 Å². The summed E-state index contributed by atoms with van der Waals surface area (Å²) in [6, 6.07) is 0.257. The molecule has 0 radical (unpaired) electrons. The number of phosphoric ester groups is 1. The molecule has 0 aromatic carbocycles. The van der Waals surface area contributed by atoms with Gasteiger partial charge < -0.3 is 40.8 Å². The highest BCUT2D eigenvalue weighted by atomic mass is 32.2. The predicted octanol–water partition coefficient (Wildman–Crippen LogP) is 0.899. The van der Waals surface area contributed by atoms with Crippen molar-refractivity contribution in [3.05, 3.63) is 0 Å². The minimum Gasteiger partial charge on any atom is -0.356 e. The molecule has 4 aliphatic rings. The summed E-state index contributed by atoms with van der Waals surface area (Å²) in [5, 5.41) is 11.7. The molecule has 0 aliphatic carbocycles. The highest BCUT2D eigenvalue weighted by Crippen LogP contribution is 2.67. The number of rotatable bonds is 18. The summed E-state index contributed by atoms with van der Waals surface area (Å²) in [6.45, 7) is 0.713. The Kier molecular flexibility index (Phi) is 12.1. The molecule has 20 nitrogen and oxygen atoms in total. The largest absolute Gasteiger partial charge is 0.490 e. The molecule has 2 fully saturated rings. The summed E-state index contributed by atoms with van der Waals surface area (Å²) in [5.41, 5.74) is -2.26. The first-order chi connectivity index (χ1) is 21.2. The average Bonchev–Trinajstić information content (AvgIpc) is 3.60. The lowest BCUT2D eigenvalue weighted by Crippen LogP contribution is -2.53. The van der Waals surface area contributed by atoms with E-state index in [1.165, 1.54) is 6.34 Å². The fraction of sp³-hybridized carbons (Fsp3) is 0.714. The Morgan fingerprint density at radius 2 is 1.84 bits per heavy atom. The summed E-state index contributed by atoms with van der Waals surface area (Å²) in [7, 11) is -16.9. The SMILES string of the molecule is O=C(CCCC[C@@H]1SC[C@@H]2NC(=O)N[C@@H]21)NCCCCCCN=C1N=CNC2=NC=NC12OP(=O)(O)OP(=O)(O)OP(=O)(O)O. The number of nitrogens with zero attached hydrogens (tertiary/aromatic N) is 4. The first-order valence-electron chi connectivity index (χ1n) is 13.9. The van der Waals surface area contributed by atoms with Gasteiger partial charge in [0.25, 0.3) is 5.72 Å². The molecule has 252 valence electrons. The lowest BCUT2D eigenvalue weighted by molar-refractivity contribution is -0.121. The second-order valence-corrected chi connectivity index (χ2v) is 15.9. The van der Waals surface area contributed by atoms with Gasteiger partial charge in [0.2, 0.25) is 5.91 Å². The van der Waals surface area contributed by atoms with Crippen molar-refractivity contribution in [2.24, 2.45) is 20.0 Å². The number of nitrogens with one attached hydrogen (secondary N) is 4. The van der Waals surface area contributed by atoms with E-state index in [0.717, 1.165) is 50.6 Å². The first-order valence-corrected chi connectivity index (χ1v) is 19.5. The van der Waals surface area contributed by atoms with Crippen molar-refractivity contribution in [2.75, 3.05) is 18.8 Å². The lowest BCUT2D eigenvalue weighted by atomic mass is 10.0. The zero-order valence-corrected chi connectivity index (χ0v) is 27.3. The summed E-state index contributed by atoms with van der Waals surface area (Å²) < 4.78 is 47.7. The molecule has 0 bridgehead atoms. The number of carbonyl (C=O) groups is 2.